The first-order valence-corrected chi connectivity index (χ1v) is 4.62. The molecule has 0 N–H and O–H groups in total. The Labute approximate surface area is 75.0 Å². The molecule has 0 nitrogen and oxygen atoms in total. The van der Waals surface area contributed by atoms with E-state index >= 15 is 0 Å². The Morgan fingerprint density at radius 1 is 0.500 bits per heavy atom. The zero-order valence-corrected chi connectivity index (χ0v) is 7.45. The molecule has 0 aliphatic heterocycles. The fraction of sp³-hybridized carbons (Fsp3) is 0.333. The lowest BCUT2D eigenvalue weighted by molar-refractivity contribution is 1.04. The van der Waals surface area contributed by atoms with Crippen LogP contribution in [0.3, 0.4) is 0 Å². The number of hydrogen-bond donors (Lipinski definition) is 0. The number of hydrogen-bond acceptors (Lipinski definition) is 0. The van der Waals surface area contributed by atoms with Gasteiger partial charge >= 0.3 is 0 Å². The predicted molar refractivity (Wildman–Crippen MR) is 55.0 cm³/mol. The molecule has 1 rings (SSSR count). The van der Waals surface area contributed by atoms with Crippen molar-refractivity contribution < 1.29 is 0 Å². The van der Waals surface area contributed by atoms with Crippen molar-refractivity contribution in [2.45, 2.75) is 25.7 Å². The topological polar surface area (TPSA) is 0 Å². The third kappa shape index (κ3) is 4.73. The Hall–Kier alpha value is -1.04. The van der Waals surface area contributed by atoms with Crippen molar-refractivity contribution >= 4 is 0 Å². The molecule has 0 fully saturated rings. The molecule has 0 aromatic rings. The summed E-state index contributed by atoms with van der Waals surface area (Å²) in [6.45, 7) is 0. The van der Waals surface area contributed by atoms with Gasteiger partial charge in [0.2, 0.25) is 0 Å². The quantitative estimate of drug-likeness (QED) is 0.473. The molecule has 64 valence electrons. The molecule has 0 bridgehead atoms. The van der Waals surface area contributed by atoms with Crippen molar-refractivity contribution in [1.29, 1.82) is 0 Å². The van der Waals surface area contributed by atoms with Gasteiger partial charge in [0.25, 0.3) is 0 Å². The predicted octanol–water partition coefficient (Wildman–Crippen LogP) is 3.79. The fourth-order valence-electron chi connectivity index (χ4n) is 1.09. The minimum absolute atomic E-state index is 1.06. The monoisotopic (exact) mass is 160 g/mol. The molecule has 0 aromatic carbocycles. The van der Waals surface area contributed by atoms with E-state index in [1.54, 1.807) is 0 Å². The Morgan fingerprint density at radius 3 is 1.50 bits per heavy atom. The highest BCUT2D eigenvalue weighted by Gasteiger charge is 1.77. The van der Waals surface area contributed by atoms with Crippen molar-refractivity contribution in [2.75, 3.05) is 0 Å². The van der Waals surface area contributed by atoms with Crippen LogP contribution < -0.4 is 0 Å². The van der Waals surface area contributed by atoms with Gasteiger partial charge in [0.05, 0.1) is 0 Å². The second kappa shape index (κ2) is 6.66. The molecular formula is C12H16. The maximum atomic E-state index is 2.25. The van der Waals surface area contributed by atoms with Crippen LogP contribution in [0.5, 0.6) is 0 Å². The van der Waals surface area contributed by atoms with Gasteiger partial charge in [-0.3, -0.25) is 0 Å². The van der Waals surface area contributed by atoms with Gasteiger partial charge in [-0.05, 0) is 25.7 Å². The van der Waals surface area contributed by atoms with E-state index < -0.39 is 0 Å². The summed E-state index contributed by atoms with van der Waals surface area (Å²) in [7, 11) is 0. The Kier molecular flexibility index (Phi) is 5.02. The molecule has 0 heterocycles. The first kappa shape index (κ1) is 9.05. The molecule has 12 heavy (non-hydrogen) atoms. The van der Waals surface area contributed by atoms with Gasteiger partial charge in [-0.15, -0.1) is 0 Å². The van der Waals surface area contributed by atoms with Crippen molar-refractivity contribution in [2.24, 2.45) is 0 Å². The summed E-state index contributed by atoms with van der Waals surface area (Å²) < 4.78 is 0. The second-order valence-corrected chi connectivity index (χ2v) is 2.85. The maximum Gasteiger partial charge on any atom is -0.0166 e. The van der Waals surface area contributed by atoms with Crippen LogP contribution in [0.15, 0.2) is 48.6 Å². The van der Waals surface area contributed by atoms with Gasteiger partial charge in [0.15, 0.2) is 0 Å². The van der Waals surface area contributed by atoms with Crippen molar-refractivity contribution in [1.82, 2.24) is 0 Å². The summed E-state index contributed by atoms with van der Waals surface area (Å²) in [5, 5.41) is 0. The molecule has 0 aromatic heterocycles. The van der Waals surface area contributed by atoms with Crippen LogP contribution in [0.25, 0.3) is 0 Å². The van der Waals surface area contributed by atoms with Gasteiger partial charge in [-0.2, -0.15) is 0 Å². The van der Waals surface area contributed by atoms with E-state index in [-0.39, 0.29) is 0 Å². The van der Waals surface area contributed by atoms with Gasteiger partial charge in [0.1, 0.15) is 0 Å². The Balaban J connectivity index is 2.41. The third-order valence-corrected chi connectivity index (χ3v) is 1.76. The third-order valence-electron chi connectivity index (χ3n) is 1.76. The van der Waals surface area contributed by atoms with E-state index in [0.717, 1.165) is 12.8 Å². The SMILES string of the molecule is C1=CC/C=C\CC/C=C\C/C=C\1. The van der Waals surface area contributed by atoms with E-state index in [2.05, 4.69) is 48.6 Å². The van der Waals surface area contributed by atoms with Gasteiger partial charge < -0.3 is 0 Å². The molecule has 0 atom stereocenters. The van der Waals surface area contributed by atoms with Crippen LogP contribution in [0.4, 0.5) is 0 Å². The summed E-state index contributed by atoms with van der Waals surface area (Å²) in [5.41, 5.74) is 0. The largest absolute Gasteiger partial charge is 0.0879 e. The summed E-state index contributed by atoms with van der Waals surface area (Å²) in [6.07, 6.45) is 22.0. The molecule has 1 aliphatic rings. The van der Waals surface area contributed by atoms with Crippen LogP contribution >= 0.6 is 0 Å². The smallest absolute Gasteiger partial charge is 0.0166 e. The van der Waals surface area contributed by atoms with Crippen LogP contribution in [0, 0.1) is 0 Å². The average Bonchev–Trinajstić information content (AvgIpc) is 2.05. The average molecular weight is 160 g/mol. The van der Waals surface area contributed by atoms with Gasteiger partial charge in [-0.1, -0.05) is 48.6 Å². The molecule has 0 radical (unpaired) electrons. The first-order valence-electron chi connectivity index (χ1n) is 4.62. The lowest BCUT2D eigenvalue weighted by Crippen LogP contribution is -1.67. The molecule has 0 heteroatoms. The highest BCUT2D eigenvalue weighted by atomic mass is 13.8. The normalized spacial score (nSPS) is 26.7. The zero-order valence-electron chi connectivity index (χ0n) is 7.45. The van der Waals surface area contributed by atoms with Gasteiger partial charge in [0, 0.05) is 0 Å². The highest BCUT2D eigenvalue weighted by molar-refractivity contribution is 5.07. The molecular weight excluding hydrogens is 144 g/mol. The lowest BCUT2D eigenvalue weighted by Gasteiger charge is -1.88. The first-order chi connectivity index (χ1) is 6.00. The van der Waals surface area contributed by atoms with Crippen LogP contribution in [0.2, 0.25) is 0 Å². The van der Waals surface area contributed by atoms with Crippen molar-refractivity contribution in [3.8, 4) is 0 Å². The van der Waals surface area contributed by atoms with Crippen LogP contribution in [0.1, 0.15) is 25.7 Å². The lowest BCUT2D eigenvalue weighted by atomic mass is 10.2. The minimum Gasteiger partial charge on any atom is -0.0879 e. The van der Waals surface area contributed by atoms with Gasteiger partial charge in [-0.25, -0.2) is 0 Å². The molecule has 0 saturated heterocycles. The van der Waals surface area contributed by atoms with Crippen LogP contribution in [-0.2, 0) is 0 Å². The minimum atomic E-state index is 1.06. The molecule has 0 amide bonds. The number of allylic oxidation sites excluding steroid dienone is 8. The van der Waals surface area contributed by atoms with E-state index in [1.165, 1.54) is 12.8 Å². The maximum absolute atomic E-state index is 2.25. The summed E-state index contributed by atoms with van der Waals surface area (Å²) in [6, 6.07) is 0. The van der Waals surface area contributed by atoms with E-state index in [9.17, 15) is 0 Å². The second-order valence-electron chi connectivity index (χ2n) is 2.85. The zero-order chi connectivity index (χ0) is 8.49. The molecule has 1 aliphatic carbocycles. The number of rotatable bonds is 0. The van der Waals surface area contributed by atoms with E-state index in [0.29, 0.717) is 0 Å². The molecule has 0 spiro atoms. The highest BCUT2D eigenvalue weighted by Crippen LogP contribution is 1.98. The van der Waals surface area contributed by atoms with Crippen molar-refractivity contribution in [3.63, 3.8) is 0 Å². The van der Waals surface area contributed by atoms with Crippen LogP contribution in [-0.4, -0.2) is 0 Å². The molecule has 0 unspecified atom stereocenters. The summed E-state index contributed by atoms with van der Waals surface area (Å²) in [5.74, 6) is 0. The standard InChI is InChI=1S/C12H16/c1-2-4-6-8-10-12-11-9-7-5-3-1/h1-4,7-10H,5-6,11-12H2/b3-1-,4-2?,9-7-,10-8-. The molecule has 0 saturated carbocycles. The van der Waals surface area contributed by atoms with E-state index in [4.69, 9.17) is 0 Å². The Bertz CT molecular complexity index is 180. The summed E-state index contributed by atoms with van der Waals surface area (Å²) in [4.78, 5) is 0. The summed E-state index contributed by atoms with van der Waals surface area (Å²) >= 11 is 0. The van der Waals surface area contributed by atoms with E-state index in [1.807, 2.05) is 0 Å². The van der Waals surface area contributed by atoms with Crippen molar-refractivity contribution in [3.05, 3.63) is 48.6 Å². The Morgan fingerprint density at radius 2 is 1.00 bits per heavy atom. The fourth-order valence-corrected chi connectivity index (χ4v) is 1.09.